The zero-order valence-electron chi connectivity index (χ0n) is 15.4. The molecule has 0 aliphatic carbocycles. The van der Waals surface area contributed by atoms with Crippen LogP contribution in [0, 0.1) is 17.1 Å². The Kier molecular flexibility index (Phi) is 7.55. The number of amides is 1. The highest BCUT2D eigenvalue weighted by atomic mass is 32.2. The Balaban J connectivity index is 1.56. The van der Waals surface area contributed by atoms with Crippen LogP contribution >= 0.6 is 23.1 Å². The van der Waals surface area contributed by atoms with Gasteiger partial charge in [0.15, 0.2) is 4.34 Å². The second-order valence-electron chi connectivity index (χ2n) is 5.93. The second-order valence-corrected chi connectivity index (χ2v) is 8.13. The molecule has 0 spiro atoms. The molecule has 6 nitrogen and oxygen atoms in total. The number of aromatic nitrogens is 2. The molecule has 0 fully saturated rings. The molecule has 148 valence electrons. The molecule has 3 aromatic rings. The van der Waals surface area contributed by atoms with Crippen LogP contribution in [-0.4, -0.2) is 28.4 Å². The van der Waals surface area contributed by atoms with Crippen LogP contribution < -0.4 is 10.2 Å². The molecule has 29 heavy (non-hydrogen) atoms. The largest absolute Gasteiger partial charge is 0.356 e. The zero-order valence-corrected chi connectivity index (χ0v) is 17.0. The number of benzene rings is 2. The average Bonchev–Trinajstić information content (AvgIpc) is 3.21. The van der Waals surface area contributed by atoms with Gasteiger partial charge in [0, 0.05) is 18.8 Å². The number of anilines is 2. The summed E-state index contributed by atoms with van der Waals surface area (Å²) in [6, 6.07) is 17.7. The molecule has 1 aromatic heterocycles. The fraction of sp³-hybridized carbons (Fsp3) is 0.200. The fourth-order valence-corrected chi connectivity index (χ4v) is 4.12. The average molecular weight is 428 g/mol. The van der Waals surface area contributed by atoms with Gasteiger partial charge in [-0.15, -0.1) is 10.2 Å². The minimum Gasteiger partial charge on any atom is -0.356 e. The number of thioether (sulfide) groups is 1. The number of carbonyl (C=O) groups excluding carboxylic acids is 1. The van der Waals surface area contributed by atoms with Crippen LogP contribution in [0.15, 0.2) is 58.9 Å². The molecule has 9 heteroatoms. The first-order chi connectivity index (χ1) is 14.2. The number of rotatable bonds is 9. The Bertz CT molecular complexity index is 973. The van der Waals surface area contributed by atoms with Gasteiger partial charge in [-0.05, 0) is 29.8 Å². The molecule has 0 atom stereocenters. The third-order valence-corrected chi connectivity index (χ3v) is 5.90. The number of nitrogens with one attached hydrogen (secondary N) is 1. The van der Waals surface area contributed by atoms with E-state index < -0.39 is 0 Å². The van der Waals surface area contributed by atoms with Crippen molar-refractivity contribution in [3.05, 3.63) is 66.0 Å². The van der Waals surface area contributed by atoms with Crippen LogP contribution in [0.4, 0.5) is 15.2 Å². The molecule has 0 bridgehead atoms. The highest BCUT2D eigenvalue weighted by molar-refractivity contribution is 8.01. The van der Waals surface area contributed by atoms with Crippen LogP contribution in [0.2, 0.25) is 0 Å². The van der Waals surface area contributed by atoms with Gasteiger partial charge in [0.1, 0.15) is 5.82 Å². The summed E-state index contributed by atoms with van der Waals surface area (Å²) in [7, 11) is 0. The smallest absolute Gasteiger partial charge is 0.237 e. The Morgan fingerprint density at radius 3 is 2.66 bits per heavy atom. The lowest BCUT2D eigenvalue weighted by Crippen LogP contribution is -2.33. The van der Waals surface area contributed by atoms with Crippen molar-refractivity contribution in [2.75, 3.05) is 22.5 Å². The van der Waals surface area contributed by atoms with Crippen molar-refractivity contribution >= 4 is 39.8 Å². The number of halogens is 1. The fourth-order valence-electron chi connectivity index (χ4n) is 2.50. The van der Waals surface area contributed by atoms with Crippen molar-refractivity contribution in [2.45, 2.75) is 17.3 Å². The van der Waals surface area contributed by atoms with Gasteiger partial charge in [0.2, 0.25) is 11.0 Å². The summed E-state index contributed by atoms with van der Waals surface area (Å²) in [5.41, 5.74) is 1.70. The summed E-state index contributed by atoms with van der Waals surface area (Å²) in [4.78, 5) is 14.2. The Morgan fingerprint density at radius 2 is 1.93 bits per heavy atom. The third-order valence-electron chi connectivity index (χ3n) is 3.90. The predicted octanol–water partition coefficient (Wildman–Crippen LogP) is 4.33. The molecule has 0 saturated carbocycles. The van der Waals surface area contributed by atoms with E-state index >= 15 is 0 Å². The van der Waals surface area contributed by atoms with E-state index in [4.69, 9.17) is 5.26 Å². The monoisotopic (exact) mass is 427 g/mol. The normalized spacial score (nSPS) is 10.3. The highest BCUT2D eigenvalue weighted by Gasteiger charge is 2.17. The number of carbonyl (C=O) groups is 1. The topological polar surface area (TPSA) is 81.9 Å². The molecule has 1 heterocycles. The van der Waals surface area contributed by atoms with E-state index in [9.17, 15) is 9.18 Å². The number of hydrogen-bond donors (Lipinski definition) is 1. The third kappa shape index (κ3) is 6.27. The molecule has 1 N–H and O–H groups in total. The minimum atomic E-state index is -0.375. The van der Waals surface area contributed by atoms with Crippen LogP contribution in [0.25, 0.3) is 0 Å². The van der Waals surface area contributed by atoms with Gasteiger partial charge in [-0.25, -0.2) is 4.39 Å². The lowest BCUT2D eigenvalue weighted by Gasteiger charge is -2.21. The van der Waals surface area contributed by atoms with Crippen molar-refractivity contribution in [1.82, 2.24) is 10.2 Å². The maximum atomic E-state index is 13.2. The molecular weight excluding hydrogens is 409 g/mol. The lowest BCUT2D eigenvalue weighted by atomic mass is 10.2. The van der Waals surface area contributed by atoms with Gasteiger partial charge >= 0.3 is 0 Å². The first kappa shape index (κ1) is 20.8. The van der Waals surface area contributed by atoms with E-state index in [2.05, 4.69) is 15.5 Å². The maximum absolute atomic E-state index is 13.2. The Hall–Kier alpha value is -2.96. The van der Waals surface area contributed by atoms with Crippen molar-refractivity contribution in [1.29, 1.82) is 5.26 Å². The quantitative estimate of drug-likeness (QED) is 0.512. The van der Waals surface area contributed by atoms with Gasteiger partial charge in [-0.2, -0.15) is 5.26 Å². The van der Waals surface area contributed by atoms with E-state index in [1.54, 1.807) is 0 Å². The number of hydrogen-bond acceptors (Lipinski definition) is 7. The molecule has 1 amide bonds. The zero-order chi connectivity index (χ0) is 20.5. The standard InChI is InChI=1S/C20H18FN5OS2/c21-16-7-9-17(10-8-16)26(12-4-11-22)18(27)14-28-20-25-24-19(29-20)23-13-15-5-2-1-3-6-15/h1-3,5-10H,4,12-14H2,(H,23,24). The van der Waals surface area contributed by atoms with E-state index in [-0.39, 0.29) is 30.4 Å². The Labute approximate surface area is 176 Å². The van der Waals surface area contributed by atoms with Crippen LogP contribution in [0.3, 0.4) is 0 Å². The van der Waals surface area contributed by atoms with Gasteiger partial charge in [-0.1, -0.05) is 53.4 Å². The van der Waals surface area contributed by atoms with Crippen molar-refractivity contribution in [3.8, 4) is 6.07 Å². The summed E-state index contributed by atoms with van der Waals surface area (Å²) in [5.74, 6) is -0.401. The first-order valence-corrected chi connectivity index (χ1v) is 10.6. The molecule has 0 aliphatic rings. The van der Waals surface area contributed by atoms with E-state index in [1.807, 2.05) is 36.4 Å². The first-order valence-electron chi connectivity index (χ1n) is 8.82. The summed E-state index contributed by atoms with van der Waals surface area (Å²) in [6.45, 7) is 0.896. The molecule has 2 aromatic carbocycles. The molecule has 3 rings (SSSR count). The number of nitrogens with zero attached hydrogens (tertiary/aromatic N) is 4. The van der Waals surface area contributed by atoms with Crippen LogP contribution in [0.1, 0.15) is 12.0 Å². The minimum absolute atomic E-state index is 0.149. The van der Waals surface area contributed by atoms with E-state index in [1.165, 1.54) is 52.3 Å². The van der Waals surface area contributed by atoms with E-state index in [0.29, 0.717) is 21.7 Å². The van der Waals surface area contributed by atoms with Gasteiger partial charge in [0.05, 0.1) is 18.2 Å². The van der Waals surface area contributed by atoms with E-state index in [0.717, 1.165) is 5.56 Å². The molecule has 0 aliphatic heterocycles. The van der Waals surface area contributed by atoms with Crippen LogP contribution in [0.5, 0.6) is 0 Å². The molecule has 0 radical (unpaired) electrons. The molecule has 0 saturated heterocycles. The molecular formula is C20H18FN5OS2. The van der Waals surface area contributed by atoms with Gasteiger partial charge < -0.3 is 10.2 Å². The second kappa shape index (κ2) is 10.5. The van der Waals surface area contributed by atoms with Crippen molar-refractivity contribution in [2.24, 2.45) is 0 Å². The number of nitriles is 1. The van der Waals surface area contributed by atoms with Crippen LogP contribution in [-0.2, 0) is 11.3 Å². The highest BCUT2D eigenvalue weighted by Crippen LogP contribution is 2.27. The summed E-state index contributed by atoms with van der Waals surface area (Å²) in [5, 5.41) is 21.0. The summed E-state index contributed by atoms with van der Waals surface area (Å²) >= 11 is 2.67. The lowest BCUT2D eigenvalue weighted by molar-refractivity contribution is -0.116. The Morgan fingerprint density at radius 1 is 1.17 bits per heavy atom. The summed E-state index contributed by atoms with van der Waals surface area (Å²) in [6.07, 6.45) is 0.195. The van der Waals surface area contributed by atoms with Gasteiger partial charge in [0.25, 0.3) is 0 Å². The van der Waals surface area contributed by atoms with Crippen molar-refractivity contribution < 1.29 is 9.18 Å². The van der Waals surface area contributed by atoms with Crippen molar-refractivity contribution in [3.63, 3.8) is 0 Å². The summed E-state index contributed by atoms with van der Waals surface area (Å²) < 4.78 is 13.8. The van der Waals surface area contributed by atoms with Gasteiger partial charge in [-0.3, -0.25) is 4.79 Å². The SMILES string of the molecule is N#CCCN(C(=O)CSc1nnc(NCc2ccccc2)s1)c1ccc(F)cc1. The predicted molar refractivity (Wildman–Crippen MR) is 113 cm³/mol. The molecule has 0 unspecified atom stereocenters. The maximum Gasteiger partial charge on any atom is 0.237 e.